The molecule has 152 valence electrons. The third-order valence-corrected chi connectivity index (χ3v) is 4.46. The van der Waals surface area contributed by atoms with Crippen molar-refractivity contribution in [2.45, 2.75) is 45.4 Å². The van der Waals surface area contributed by atoms with E-state index in [-0.39, 0.29) is 35.6 Å². The quantitative estimate of drug-likeness (QED) is 0.371. The molecule has 1 aromatic heterocycles. The number of para-hydroxylation sites is 1. The summed E-state index contributed by atoms with van der Waals surface area (Å²) in [7, 11) is 1.61. The summed E-state index contributed by atoms with van der Waals surface area (Å²) in [5.41, 5.74) is 1.96. The number of aromatic nitrogens is 1. The van der Waals surface area contributed by atoms with Gasteiger partial charge in [0.2, 0.25) is 5.88 Å². The fourth-order valence-electron chi connectivity index (χ4n) is 3.21. The maximum absolute atomic E-state index is 6.12. The first kappa shape index (κ1) is 22.3. The smallest absolute Gasteiger partial charge is 0.212 e. The minimum atomic E-state index is -0.233. The van der Waals surface area contributed by atoms with Gasteiger partial charge in [0.15, 0.2) is 5.96 Å². The predicted octanol–water partition coefficient (Wildman–Crippen LogP) is 4.07. The average molecular weight is 496 g/mol. The largest absolute Gasteiger partial charge is 0.487 e. The molecule has 0 radical (unpaired) electrons. The number of ether oxygens (including phenoxy) is 2. The van der Waals surface area contributed by atoms with Gasteiger partial charge in [0.25, 0.3) is 0 Å². The Morgan fingerprint density at radius 3 is 2.75 bits per heavy atom. The van der Waals surface area contributed by atoms with Gasteiger partial charge >= 0.3 is 0 Å². The Morgan fingerprint density at radius 2 is 2.07 bits per heavy atom. The molecule has 7 heteroatoms. The van der Waals surface area contributed by atoms with E-state index in [0.717, 1.165) is 35.8 Å². The van der Waals surface area contributed by atoms with Crippen molar-refractivity contribution in [3.63, 3.8) is 0 Å². The van der Waals surface area contributed by atoms with Crippen LogP contribution < -0.4 is 20.1 Å². The van der Waals surface area contributed by atoms with E-state index in [1.54, 1.807) is 13.3 Å². The van der Waals surface area contributed by atoms with Gasteiger partial charge in [0, 0.05) is 30.8 Å². The van der Waals surface area contributed by atoms with Gasteiger partial charge in [-0.05, 0) is 32.4 Å². The molecule has 1 atom stereocenters. The number of nitrogens with zero attached hydrogens (tertiary/aromatic N) is 2. The number of guanidine groups is 1. The highest BCUT2D eigenvalue weighted by molar-refractivity contribution is 14.0. The lowest BCUT2D eigenvalue weighted by atomic mass is 9.90. The van der Waals surface area contributed by atoms with Crippen LogP contribution in [0.1, 0.15) is 44.4 Å². The summed E-state index contributed by atoms with van der Waals surface area (Å²) in [6, 6.07) is 12.2. The number of benzene rings is 1. The molecule has 0 aliphatic carbocycles. The molecule has 2 heterocycles. The van der Waals surface area contributed by atoms with Gasteiger partial charge < -0.3 is 20.1 Å². The number of halogens is 1. The number of aliphatic imine (C=N–C) groups is 1. The normalized spacial score (nSPS) is 17.6. The lowest BCUT2D eigenvalue weighted by Crippen LogP contribution is -2.45. The number of hydrogen-bond acceptors (Lipinski definition) is 4. The highest BCUT2D eigenvalue weighted by atomic mass is 127. The van der Waals surface area contributed by atoms with Gasteiger partial charge in [-0.15, -0.1) is 24.0 Å². The Kier molecular flexibility index (Phi) is 7.91. The molecule has 0 saturated heterocycles. The Balaban J connectivity index is 0.00000280. The number of hydrogen-bond donors (Lipinski definition) is 2. The monoisotopic (exact) mass is 496 g/mol. The van der Waals surface area contributed by atoms with E-state index < -0.39 is 0 Å². The van der Waals surface area contributed by atoms with Crippen LogP contribution in [0.4, 0.5) is 0 Å². The van der Waals surface area contributed by atoms with Crippen molar-refractivity contribution < 1.29 is 9.47 Å². The van der Waals surface area contributed by atoms with Gasteiger partial charge in [-0.1, -0.05) is 24.3 Å². The average Bonchev–Trinajstić information content (AvgIpc) is 2.66. The summed E-state index contributed by atoms with van der Waals surface area (Å²) < 4.78 is 11.2. The topological polar surface area (TPSA) is 67.8 Å². The van der Waals surface area contributed by atoms with E-state index in [1.165, 1.54) is 0 Å². The summed E-state index contributed by atoms with van der Waals surface area (Å²) in [4.78, 5) is 8.96. The van der Waals surface area contributed by atoms with Crippen molar-refractivity contribution in [2.24, 2.45) is 4.99 Å². The maximum atomic E-state index is 6.12. The van der Waals surface area contributed by atoms with Gasteiger partial charge in [-0.25, -0.2) is 9.98 Å². The summed E-state index contributed by atoms with van der Waals surface area (Å²) in [5, 5.41) is 6.91. The Morgan fingerprint density at radius 1 is 1.29 bits per heavy atom. The first-order valence-corrected chi connectivity index (χ1v) is 9.32. The number of nitrogens with one attached hydrogen (secondary N) is 2. The van der Waals surface area contributed by atoms with E-state index in [4.69, 9.17) is 14.5 Å². The van der Waals surface area contributed by atoms with Crippen LogP contribution in [0.2, 0.25) is 0 Å². The zero-order valence-electron chi connectivity index (χ0n) is 16.9. The molecule has 2 N–H and O–H groups in total. The minimum absolute atomic E-state index is 0. The highest BCUT2D eigenvalue weighted by Crippen LogP contribution is 2.39. The molecule has 1 aliphatic rings. The van der Waals surface area contributed by atoms with Gasteiger partial charge in [0.1, 0.15) is 11.4 Å². The SMILES string of the molecule is CCNC(=NCc1ccc(OC)nc1)NC1CC(C)(C)Oc2ccccc21.I. The molecule has 0 bridgehead atoms. The number of methoxy groups -OCH3 is 1. The third-order valence-electron chi connectivity index (χ3n) is 4.46. The molecule has 0 amide bonds. The fourth-order valence-corrected chi connectivity index (χ4v) is 3.21. The van der Waals surface area contributed by atoms with Crippen LogP contribution in [0.3, 0.4) is 0 Å². The van der Waals surface area contributed by atoms with Crippen LogP contribution in [0, 0.1) is 0 Å². The van der Waals surface area contributed by atoms with Crippen LogP contribution in [0.15, 0.2) is 47.6 Å². The van der Waals surface area contributed by atoms with Gasteiger partial charge in [-0.2, -0.15) is 0 Å². The van der Waals surface area contributed by atoms with Crippen LogP contribution in [0.25, 0.3) is 0 Å². The molecule has 28 heavy (non-hydrogen) atoms. The Labute approximate surface area is 184 Å². The zero-order valence-corrected chi connectivity index (χ0v) is 19.2. The molecule has 3 rings (SSSR count). The summed E-state index contributed by atoms with van der Waals surface area (Å²) in [6.45, 7) is 7.63. The van der Waals surface area contributed by atoms with Crippen molar-refractivity contribution in [2.75, 3.05) is 13.7 Å². The van der Waals surface area contributed by atoms with Crippen LogP contribution in [0.5, 0.6) is 11.6 Å². The van der Waals surface area contributed by atoms with Crippen molar-refractivity contribution >= 4 is 29.9 Å². The third kappa shape index (κ3) is 5.73. The number of fused-ring (bicyclic) bond motifs is 1. The van der Waals surface area contributed by atoms with Gasteiger partial charge in [0.05, 0.1) is 19.7 Å². The summed E-state index contributed by atoms with van der Waals surface area (Å²) >= 11 is 0. The second-order valence-corrected chi connectivity index (χ2v) is 7.20. The second kappa shape index (κ2) is 9.95. The van der Waals surface area contributed by atoms with E-state index in [9.17, 15) is 0 Å². The molecule has 1 aliphatic heterocycles. The van der Waals surface area contributed by atoms with Crippen LogP contribution in [-0.2, 0) is 6.54 Å². The standard InChI is InChI=1S/C21H28N4O2.HI/c1-5-22-20(24-14-15-10-11-19(26-4)23-13-15)25-17-12-21(2,3)27-18-9-7-6-8-16(17)18;/h6-11,13,17H,5,12,14H2,1-4H3,(H2,22,24,25);1H. The van der Waals surface area contributed by atoms with Crippen molar-refractivity contribution in [3.8, 4) is 11.6 Å². The second-order valence-electron chi connectivity index (χ2n) is 7.20. The summed E-state index contributed by atoms with van der Waals surface area (Å²) in [5.74, 6) is 2.32. The van der Waals surface area contributed by atoms with Crippen molar-refractivity contribution in [1.29, 1.82) is 0 Å². The molecule has 2 aromatic rings. The molecule has 1 unspecified atom stereocenters. The van der Waals surface area contributed by atoms with E-state index in [2.05, 4.69) is 42.5 Å². The fraction of sp³-hybridized carbons (Fsp3) is 0.429. The van der Waals surface area contributed by atoms with Gasteiger partial charge in [-0.3, -0.25) is 0 Å². The molecule has 0 fully saturated rings. The number of rotatable bonds is 5. The Hall–Kier alpha value is -2.03. The lowest BCUT2D eigenvalue weighted by Gasteiger charge is -2.38. The molecule has 1 aromatic carbocycles. The van der Waals surface area contributed by atoms with Crippen molar-refractivity contribution in [3.05, 3.63) is 53.7 Å². The zero-order chi connectivity index (χ0) is 19.3. The molecule has 0 spiro atoms. The van der Waals surface area contributed by atoms with E-state index in [1.807, 2.05) is 30.3 Å². The molecule has 6 nitrogen and oxygen atoms in total. The van der Waals surface area contributed by atoms with E-state index >= 15 is 0 Å². The molecular formula is C21H29IN4O2. The van der Waals surface area contributed by atoms with Crippen LogP contribution in [-0.4, -0.2) is 30.2 Å². The predicted molar refractivity (Wildman–Crippen MR) is 123 cm³/mol. The summed E-state index contributed by atoms with van der Waals surface area (Å²) in [6.07, 6.45) is 2.65. The number of pyridine rings is 1. The molecule has 0 saturated carbocycles. The maximum Gasteiger partial charge on any atom is 0.212 e. The minimum Gasteiger partial charge on any atom is -0.487 e. The highest BCUT2D eigenvalue weighted by Gasteiger charge is 2.33. The van der Waals surface area contributed by atoms with Crippen LogP contribution >= 0.6 is 24.0 Å². The lowest BCUT2D eigenvalue weighted by molar-refractivity contribution is 0.0694. The first-order valence-electron chi connectivity index (χ1n) is 9.32. The Bertz CT molecular complexity index is 793. The first-order chi connectivity index (χ1) is 13.0. The van der Waals surface area contributed by atoms with E-state index in [0.29, 0.717) is 12.4 Å². The molecular weight excluding hydrogens is 467 g/mol. The van der Waals surface area contributed by atoms with Crippen molar-refractivity contribution in [1.82, 2.24) is 15.6 Å².